The van der Waals surface area contributed by atoms with Gasteiger partial charge in [0.2, 0.25) is 0 Å². The molecule has 1 aliphatic rings. The highest BCUT2D eigenvalue weighted by Crippen LogP contribution is 2.41. The molecule has 1 aromatic heterocycles. The lowest BCUT2D eigenvalue weighted by Crippen LogP contribution is -2.01. The summed E-state index contributed by atoms with van der Waals surface area (Å²) in [6.45, 7) is 2.00. The van der Waals surface area contributed by atoms with E-state index in [9.17, 15) is 0 Å². The van der Waals surface area contributed by atoms with E-state index in [1.165, 1.54) is 24.0 Å². The largest absolute Gasteiger partial charge is 0.323 e. The fourth-order valence-electron chi connectivity index (χ4n) is 1.97. The van der Waals surface area contributed by atoms with Crippen molar-refractivity contribution in [3.05, 3.63) is 40.9 Å². The van der Waals surface area contributed by atoms with Crippen molar-refractivity contribution in [2.75, 3.05) is 0 Å². The van der Waals surface area contributed by atoms with E-state index in [4.69, 9.17) is 5.73 Å². The summed E-state index contributed by atoms with van der Waals surface area (Å²) in [5.74, 6) is 0.794. The maximum atomic E-state index is 5.86. The van der Waals surface area contributed by atoms with E-state index in [1.54, 1.807) is 11.3 Å². The molecule has 0 spiro atoms. The predicted molar refractivity (Wildman–Crippen MR) is 72.1 cm³/mol. The van der Waals surface area contributed by atoms with Gasteiger partial charge in [-0.1, -0.05) is 18.2 Å². The molecule has 0 amide bonds. The Morgan fingerprint density at radius 2 is 2.24 bits per heavy atom. The lowest BCUT2D eigenvalue weighted by Gasteiger charge is -2.01. The van der Waals surface area contributed by atoms with Gasteiger partial charge >= 0.3 is 0 Å². The van der Waals surface area contributed by atoms with Crippen LogP contribution in [-0.4, -0.2) is 4.98 Å². The molecule has 3 rings (SSSR count). The molecule has 0 saturated heterocycles. The van der Waals surface area contributed by atoms with Crippen LogP contribution < -0.4 is 5.73 Å². The summed E-state index contributed by atoms with van der Waals surface area (Å²) in [5.41, 5.74) is 8.55. The van der Waals surface area contributed by atoms with Gasteiger partial charge in [-0.15, -0.1) is 11.3 Å². The van der Waals surface area contributed by atoms with Crippen molar-refractivity contribution < 1.29 is 0 Å². The predicted octanol–water partition coefficient (Wildman–Crippen LogP) is 3.71. The average molecular weight is 244 g/mol. The second-order valence-corrected chi connectivity index (χ2v) is 5.82. The maximum Gasteiger partial charge on any atom is 0.123 e. The lowest BCUT2D eigenvalue weighted by atomic mass is 10.1. The zero-order chi connectivity index (χ0) is 11.8. The smallest absolute Gasteiger partial charge is 0.123 e. The number of hydrogen-bond donors (Lipinski definition) is 1. The molecule has 17 heavy (non-hydrogen) atoms. The Bertz CT molecular complexity index is 527. The second-order valence-electron chi connectivity index (χ2n) is 4.76. The Kier molecular flexibility index (Phi) is 2.73. The number of hydrogen-bond acceptors (Lipinski definition) is 3. The molecular formula is C14H16N2S. The van der Waals surface area contributed by atoms with Gasteiger partial charge in [-0.25, -0.2) is 4.98 Å². The Labute approximate surface area is 106 Å². The minimum Gasteiger partial charge on any atom is -0.323 e. The fourth-order valence-corrected chi connectivity index (χ4v) is 2.84. The Hall–Kier alpha value is -1.19. The zero-order valence-electron chi connectivity index (χ0n) is 9.89. The second kappa shape index (κ2) is 4.24. The summed E-state index contributed by atoms with van der Waals surface area (Å²) in [6, 6.07) is 8.85. The molecule has 1 aliphatic carbocycles. The standard InChI is InChI=1S/C14H16N2S/c1-9(15)13-8-16-14(17-13)12-4-2-3-11(7-12)10-5-6-10/h2-4,7-10H,5-6,15H2,1H3. The monoisotopic (exact) mass is 244 g/mol. The minimum atomic E-state index is 0.0767. The van der Waals surface area contributed by atoms with Crippen LogP contribution in [0.1, 0.15) is 42.2 Å². The molecule has 88 valence electrons. The van der Waals surface area contributed by atoms with E-state index in [0.717, 1.165) is 15.8 Å². The van der Waals surface area contributed by atoms with E-state index in [2.05, 4.69) is 29.2 Å². The normalized spacial score (nSPS) is 17.1. The number of aromatic nitrogens is 1. The van der Waals surface area contributed by atoms with Gasteiger partial charge in [0.15, 0.2) is 0 Å². The molecular weight excluding hydrogens is 228 g/mol. The topological polar surface area (TPSA) is 38.9 Å². The SMILES string of the molecule is CC(N)c1cnc(-c2cccc(C3CC3)c2)s1. The van der Waals surface area contributed by atoms with Crippen LogP contribution in [0.5, 0.6) is 0 Å². The van der Waals surface area contributed by atoms with Crippen molar-refractivity contribution in [3.63, 3.8) is 0 Å². The van der Waals surface area contributed by atoms with Crippen LogP contribution in [0.3, 0.4) is 0 Å². The Morgan fingerprint density at radius 3 is 2.88 bits per heavy atom. The summed E-state index contributed by atoms with van der Waals surface area (Å²) >= 11 is 1.70. The molecule has 0 aliphatic heterocycles. The van der Waals surface area contributed by atoms with E-state index in [0.29, 0.717) is 0 Å². The van der Waals surface area contributed by atoms with Crippen molar-refractivity contribution in [3.8, 4) is 10.6 Å². The van der Waals surface area contributed by atoms with Crippen LogP contribution in [-0.2, 0) is 0 Å². The molecule has 1 heterocycles. The Balaban J connectivity index is 1.93. The van der Waals surface area contributed by atoms with Crippen LogP contribution in [0.15, 0.2) is 30.5 Å². The number of rotatable bonds is 3. The van der Waals surface area contributed by atoms with E-state index in [-0.39, 0.29) is 6.04 Å². The van der Waals surface area contributed by atoms with Gasteiger partial charge in [0.25, 0.3) is 0 Å². The van der Waals surface area contributed by atoms with Gasteiger partial charge in [0.05, 0.1) is 0 Å². The first kappa shape index (κ1) is 10.9. The van der Waals surface area contributed by atoms with Gasteiger partial charge in [0, 0.05) is 22.7 Å². The van der Waals surface area contributed by atoms with Crippen LogP contribution in [0.2, 0.25) is 0 Å². The molecule has 1 atom stereocenters. The third-order valence-corrected chi connectivity index (χ3v) is 4.40. The van der Waals surface area contributed by atoms with Crippen molar-refractivity contribution in [1.29, 1.82) is 0 Å². The first-order valence-corrected chi connectivity index (χ1v) is 6.87. The van der Waals surface area contributed by atoms with Crippen molar-refractivity contribution >= 4 is 11.3 Å². The molecule has 0 radical (unpaired) electrons. The van der Waals surface area contributed by atoms with Gasteiger partial charge < -0.3 is 5.73 Å². The number of nitrogens with two attached hydrogens (primary N) is 1. The summed E-state index contributed by atoms with van der Waals surface area (Å²) in [6.07, 6.45) is 4.58. The first-order valence-electron chi connectivity index (χ1n) is 6.05. The van der Waals surface area contributed by atoms with Gasteiger partial charge in [0.1, 0.15) is 5.01 Å². The third-order valence-electron chi connectivity index (χ3n) is 3.15. The Morgan fingerprint density at radius 1 is 1.41 bits per heavy atom. The molecule has 2 N–H and O–H groups in total. The number of thiazole rings is 1. The van der Waals surface area contributed by atoms with E-state index in [1.807, 2.05) is 13.1 Å². The van der Waals surface area contributed by atoms with Crippen molar-refractivity contribution in [1.82, 2.24) is 4.98 Å². The highest BCUT2D eigenvalue weighted by molar-refractivity contribution is 7.15. The highest BCUT2D eigenvalue weighted by Gasteiger charge is 2.23. The molecule has 0 bridgehead atoms. The van der Waals surface area contributed by atoms with Crippen LogP contribution in [0.25, 0.3) is 10.6 Å². The highest BCUT2D eigenvalue weighted by atomic mass is 32.1. The third kappa shape index (κ3) is 2.26. The molecule has 2 nitrogen and oxygen atoms in total. The van der Waals surface area contributed by atoms with Crippen LogP contribution in [0.4, 0.5) is 0 Å². The summed E-state index contributed by atoms with van der Waals surface area (Å²) in [5, 5.41) is 1.08. The quantitative estimate of drug-likeness (QED) is 0.894. The molecule has 1 fully saturated rings. The summed E-state index contributed by atoms with van der Waals surface area (Å²) < 4.78 is 0. The molecule has 1 saturated carbocycles. The van der Waals surface area contributed by atoms with Crippen LogP contribution in [0, 0.1) is 0 Å². The van der Waals surface area contributed by atoms with Crippen LogP contribution >= 0.6 is 11.3 Å². The van der Waals surface area contributed by atoms with Gasteiger partial charge in [-0.3, -0.25) is 0 Å². The molecule has 1 aromatic carbocycles. The average Bonchev–Trinajstić information content (AvgIpc) is 3.06. The van der Waals surface area contributed by atoms with Gasteiger partial charge in [-0.2, -0.15) is 0 Å². The first-order chi connectivity index (χ1) is 8.24. The van der Waals surface area contributed by atoms with Gasteiger partial charge in [-0.05, 0) is 37.3 Å². The molecule has 3 heteroatoms. The summed E-state index contributed by atoms with van der Waals surface area (Å²) in [7, 11) is 0. The molecule has 1 unspecified atom stereocenters. The minimum absolute atomic E-state index is 0.0767. The zero-order valence-corrected chi connectivity index (χ0v) is 10.7. The van der Waals surface area contributed by atoms with Crippen molar-refractivity contribution in [2.45, 2.75) is 31.7 Å². The summed E-state index contributed by atoms with van der Waals surface area (Å²) in [4.78, 5) is 5.62. The van der Waals surface area contributed by atoms with E-state index >= 15 is 0 Å². The lowest BCUT2D eigenvalue weighted by molar-refractivity contribution is 0.835. The number of benzene rings is 1. The fraction of sp³-hybridized carbons (Fsp3) is 0.357. The van der Waals surface area contributed by atoms with Crippen molar-refractivity contribution in [2.24, 2.45) is 5.73 Å². The van der Waals surface area contributed by atoms with E-state index < -0.39 is 0 Å². The number of nitrogens with zero attached hydrogens (tertiary/aromatic N) is 1. The maximum absolute atomic E-state index is 5.86. The molecule has 2 aromatic rings.